The highest BCUT2D eigenvalue weighted by Gasteiger charge is 2.20. The van der Waals surface area contributed by atoms with Crippen LogP contribution in [-0.4, -0.2) is 31.7 Å². The molecule has 27 heavy (non-hydrogen) atoms. The molecular formula is C20H22BrN3O3. The fourth-order valence-corrected chi connectivity index (χ4v) is 3.18. The predicted molar refractivity (Wildman–Crippen MR) is 109 cm³/mol. The zero-order chi connectivity index (χ0) is 19.2. The summed E-state index contributed by atoms with van der Waals surface area (Å²) in [6, 6.07) is 15.7. The number of carbonyl (C=O) groups excluding carboxylic acids is 1. The number of aryl methyl sites for hydroxylation is 1. The fourth-order valence-electron chi connectivity index (χ4n) is 2.91. The first kappa shape index (κ1) is 19.4. The van der Waals surface area contributed by atoms with E-state index in [0.717, 1.165) is 28.6 Å². The number of hydrogen-bond acceptors (Lipinski definition) is 5. The van der Waals surface area contributed by atoms with Gasteiger partial charge in [-0.3, -0.25) is 4.79 Å². The van der Waals surface area contributed by atoms with Crippen molar-refractivity contribution in [3.63, 3.8) is 0 Å². The molecule has 0 aromatic heterocycles. The second-order valence-corrected chi connectivity index (χ2v) is 7.24. The smallest absolute Gasteiger partial charge is 0.282 e. The van der Waals surface area contributed by atoms with Gasteiger partial charge in [0.15, 0.2) is 6.10 Å². The third kappa shape index (κ3) is 5.30. The topological polar surface area (TPSA) is 85.9 Å². The predicted octanol–water partition coefficient (Wildman–Crippen LogP) is 3.42. The zero-order valence-electron chi connectivity index (χ0n) is 15.0. The summed E-state index contributed by atoms with van der Waals surface area (Å²) in [5.41, 5.74) is 8.22. The number of amidine groups is 1. The Labute approximate surface area is 166 Å². The summed E-state index contributed by atoms with van der Waals surface area (Å²) < 4.78 is 11.5. The van der Waals surface area contributed by atoms with Gasteiger partial charge in [-0.25, -0.2) is 4.99 Å². The van der Waals surface area contributed by atoms with Crippen molar-refractivity contribution in [2.45, 2.75) is 25.0 Å². The number of hydrogen-bond donors (Lipinski definition) is 2. The number of amides is 1. The number of nitrogens with one attached hydrogen (secondary N) is 1. The van der Waals surface area contributed by atoms with Gasteiger partial charge in [0.05, 0.1) is 6.04 Å². The summed E-state index contributed by atoms with van der Waals surface area (Å²) in [6.07, 6.45) is 1.09. The molecule has 1 aliphatic rings. The van der Waals surface area contributed by atoms with Crippen LogP contribution >= 0.6 is 15.9 Å². The number of nitrogens with two attached hydrogens (primary N) is 1. The summed E-state index contributed by atoms with van der Waals surface area (Å²) in [6.45, 7) is 0.550. The molecule has 2 aromatic rings. The van der Waals surface area contributed by atoms with E-state index in [9.17, 15) is 4.79 Å². The Morgan fingerprint density at radius 2 is 2.00 bits per heavy atom. The Kier molecular flexibility index (Phi) is 6.47. The maximum absolute atomic E-state index is 12.6. The lowest BCUT2D eigenvalue weighted by molar-refractivity contribution is -0.126. The highest BCUT2D eigenvalue weighted by molar-refractivity contribution is 9.10. The number of carbonyl (C=O) groups is 1. The van der Waals surface area contributed by atoms with Crippen molar-refractivity contribution in [2.75, 3.05) is 19.0 Å². The van der Waals surface area contributed by atoms with Crippen LogP contribution in [0.4, 0.5) is 5.69 Å². The highest BCUT2D eigenvalue weighted by Crippen LogP contribution is 2.22. The lowest BCUT2D eigenvalue weighted by Crippen LogP contribution is -2.22. The minimum atomic E-state index is -0.663. The monoisotopic (exact) mass is 431 g/mol. The van der Waals surface area contributed by atoms with Crippen LogP contribution in [0, 0.1) is 0 Å². The molecule has 0 saturated carbocycles. The molecule has 142 valence electrons. The Hall–Kier alpha value is -2.38. The van der Waals surface area contributed by atoms with Crippen molar-refractivity contribution < 1.29 is 14.3 Å². The van der Waals surface area contributed by atoms with Gasteiger partial charge in [0.25, 0.3) is 11.9 Å². The van der Waals surface area contributed by atoms with E-state index in [1.807, 2.05) is 48.5 Å². The van der Waals surface area contributed by atoms with Crippen molar-refractivity contribution in [3.8, 4) is 0 Å². The van der Waals surface area contributed by atoms with Crippen molar-refractivity contribution >= 4 is 33.5 Å². The number of benzene rings is 2. The molecular weight excluding hydrogens is 410 g/mol. The maximum atomic E-state index is 12.6. The zero-order valence-corrected chi connectivity index (χ0v) is 16.6. The molecule has 3 rings (SSSR count). The number of anilines is 1. The number of rotatable bonds is 7. The number of nitrogens with zero attached hydrogens (tertiary/aromatic N) is 1. The Morgan fingerprint density at radius 3 is 2.59 bits per heavy atom. The molecule has 0 spiro atoms. The van der Waals surface area contributed by atoms with Gasteiger partial charge in [0.2, 0.25) is 0 Å². The molecule has 0 saturated heterocycles. The highest BCUT2D eigenvalue weighted by atomic mass is 79.9. The first-order valence-corrected chi connectivity index (χ1v) is 9.48. The van der Waals surface area contributed by atoms with E-state index in [4.69, 9.17) is 15.2 Å². The van der Waals surface area contributed by atoms with Gasteiger partial charge in [-0.15, -0.1) is 0 Å². The molecule has 2 atom stereocenters. The van der Waals surface area contributed by atoms with E-state index in [1.165, 1.54) is 12.7 Å². The van der Waals surface area contributed by atoms with Crippen LogP contribution in [0.15, 0.2) is 58.0 Å². The summed E-state index contributed by atoms with van der Waals surface area (Å²) in [5.74, 6) is -0.208. The van der Waals surface area contributed by atoms with Crippen LogP contribution in [0.3, 0.4) is 0 Å². The Bertz CT molecular complexity index is 806. The fraction of sp³-hybridized carbons (Fsp3) is 0.300. The second kappa shape index (κ2) is 9.01. The number of ether oxygens (including phenoxy) is 2. The lowest BCUT2D eigenvalue weighted by atomic mass is 10.1. The standard InChI is InChI=1S/C20H22BrN3O3/c1-26-18(14-5-7-15(21)8-6-14)19(25)23-16-9-2-13(3-10-16)4-11-17-12-27-20(22)24-17/h2-3,5-10,17-18H,4,11-12H2,1H3,(H2,22,24)(H,23,25). The van der Waals surface area contributed by atoms with E-state index in [1.54, 1.807) is 0 Å². The van der Waals surface area contributed by atoms with Crippen molar-refractivity contribution in [1.29, 1.82) is 0 Å². The molecule has 1 heterocycles. The molecule has 2 unspecified atom stereocenters. The van der Waals surface area contributed by atoms with E-state index in [2.05, 4.69) is 26.2 Å². The quantitative estimate of drug-likeness (QED) is 0.702. The normalized spacial score (nSPS) is 17.1. The Balaban J connectivity index is 1.56. The molecule has 6 nitrogen and oxygen atoms in total. The van der Waals surface area contributed by atoms with Crippen LogP contribution in [0.2, 0.25) is 0 Å². The lowest BCUT2D eigenvalue weighted by Gasteiger charge is -2.16. The first-order valence-electron chi connectivity index (χ1n) is 8.69. The SMILES string of the molecule is COC(C(=O)Nc1ccc(CCC2COC(N)=N2)cc1)c1ccc(Br)cc1. The maximum Gasteiger partial charge on any atom is 0.282 e. The summed E-state index contributed by atoms with van der Waals surface area (Å²) in [5, 5.41) is 2.90. The van der Waals surface area contributed by atoms with Crippen LogP contribution < -0.4 is 11.1 Å². The van der Waals surface area contributed by atoms with Crippen molar-refractivity contribution in [3.05, 3.63) is 64.1 Å². The molecule has 1 amide bonds. The average molecular weight is 432 g/mol. The van der Waals surface area contributed by atoms with Crippen molar-refractivity contribution in [2.24, 2.45) is 10.7 Å². The van der Waals surface area contributed by atoms with Gasteiger partial charge in [-0.2, -0.15) is 0 Å². The molecule has 2 aromatic carbocycles. The van der Waals surface area contributed by atoms with E-state index < -0.39 is 6.10 Å². The second-order valence-electron chi connectivity index (χ2n) is 6.32. The third-order valence-electron chi connectivity index (χ3n) is 4.37. The molecule has 1 aliphatic heterocycles. The molecule has 0 radical (unpaired) electrons. The van der Waals surface area contributed by atoms with Gasteiger partial charge >= 0.3 is 0 Å². The van der Waals surface area contributed by atoms with Gasteiger partial charge < -0.3 is 20.5 Å². The molecule has 0 aliphatic carbocycles. The van der Waals surface area contributed by atoms with Crippen LogP contribution in [0.5, 0.6) is 0 Å². The Morgan fingerprint density at radius 1 is 1.30 bits per heavy atom. The molecule has 0 bridgehead atoms. The van der Waals surface area contributed by atoms with Crippen LogP contribution in [-0.2, 0) is 20.7 Å². The van der Waals surface area contributed by atoms with Gasteiger partial charge in [-0.1, -0.05) is 40.2 Å². The van der Waals surface area contributed by atoms with Crippen LogP contribution in [0.25, 0.3) is 0 Å². The average Bonchev–Trinajstić information content (AvgIpc) is 3.08. The summed E-state index contributed by atoms with van der Waals surface area (Å²) in [4.78, 5) is 16.8. The number of aliphatic imine (C=N–C) groups is 1. The number of halogens is 1. The minimum absolute atomic E-state index is 0.123. The minimum Gasteiger partial charge on any atom is -0.463 e. The van der Waals surface area contributed by atoms with Gasteiger partial charge in [0.1, 0.15) is 6.61 Å². The summed E-state index contributed by atoms with van der Waals surface area (Å²) in [7, 11) is 1.53. The van der Waals surface area contributed by atoms with Crippen LogP contribution in [0.1, 0.15) is 23.7 Å². The van der Waals surface area contributed by atoms with Gasteiger partial charge in [0, 0.05) is 17.3 Å². The van der Waals surface area contributed by atoms with Crippen molar-refractivity contribution in [1.82, 2.24) is 0 Å². The third-order valence-corrected chi connectivity index (χ3v) is 4.90. The van der Waals surface area contributed by atoms with E-state index in [0.29, 0.717) is 6.61 Å². The molecule has 7 heteroatoms. The van der Waals surface area contributed by atoms with E-state index in [-0.39, 0.29) is 18.0 Å². The molecule has 3 N–H and O–H groups in total. The van der Waals surface area contributed by atoms with E-state index >= 15 is 0 Å². The largest absolute Gasteiger partial charge is 0.463 e. The summed E-state index contributed by atoms with van der Waals surface area (Å²) >= 11 is 3.39. The first-order chi connectivity index (χ1) is 13.0. The molecule has 0 fully saturated rings. The van der Waals surface area contributed by atoms with Gasteiger partial charge in [-0.05, 0) is 48.2 Å². The number of methoxy groups -OCH3 is 1.